The van der Waals surface area contributed by atoms with Gasteiger partial charge in [-0.05, 0) is 32.1 Å². The Kier molecular flexibility index (Phi) is 23.0. The molecule has 0 saturated carbocycles. The zero-order valence-electron chi connectivity index (χ0n) is 14.1. The lowest BCUT2D eigenvalue weighted by Crippen LogP contribution is -1.82. The van der Waals surface area contributed by atoms with E-state index in [0.29, 0.717) is 6.61 Å². The van der Waals surface area contributed by atoms with Crippen LogP contribution in [0.2, 0.25) is 0 Å². The third-order valence-corrected chi connectivity index (χ3v) is 3.17. The van der Waals surface area contributed by atoms with Gasteiger partial charge >= 0.3 is 0 Å². The van der Waals surface area contributed by atoms with Gasteiger partial charge < -0.3 is 10.2 Å². The third-order valence-electron chi connectivity index (χ3n) is 3.17. The highest BCUT2D eigenvalue weighted by molar-refractivity contribution is 5.62. The Labute approximate surface area is 131 Å². The van der Waals surface area contributed by atoms with Crippen LogP contribution in [0.4, 0.5) is 0 Å². The normalized spacial score (nSPS) is 10.4. The molecule has 2 N–H and O–H groups in total. The average molecular weight is 300 g/mol. The standard InChI is InChI=1S/C16H32O.C2H4O2/c1-2-3-4-5-6-7-8-9-10-11-12-13-14-15-16-17;1-2(3)4/h9-10,17H,2-8,11-16H2,1H3;1H3,(H,3,4)/b10-9-;. The van der Waals surface area contributed by atoms with Crippen LogP contribution in [-0.4, -0.2) is 22.8 Å². The number of carboxylic acid groups (broad SMARTS) is 1. The van der Waals surface area contributed by atoms with Gasteiger partial charge in [-0.2, -0.15) is 0 Å². The minimum absolute atomic E-state index is 0.355. The molecule has 0 fully saturated rings. The number of allylic oxidation sites excluding steroid dienone is 2. The number of aliphatic hydroxyl groups is 1. The first-order valence-electron chi connectivity index (χ1n) is 8.60. The number of carbonyl (C=O) groups is 1. The fourth-order valence-electron chi connectivity index (χ4n) is 2.01. The molecule has 126 valence electrons. The highest BCUT2D eigenvalue weighted by Gasteiger charge is 1.89. The highest BCUT2D eigenvalue weighted by atomic mass is 16.4. The predicted octanol–water partition coefficient (Wildman–Crippen LogP) is 5.33. The first-order valence-corrected chi connectivity index (χ1v) is 8.60. The maximum Gasteiger partial charge on any atom is 0.300 e. The lowest BCUT2D eigenvalue weighted by Gasteiger charge is -1.98. The summed E-state index contributed by atoms with van der Waals surface area (Å²) in [6, 6.07) is 0. The third kappa shape index (κ3) is 32.6. The second-order valence-corrected chi connectivity index (χ2v) is 5.47. The van der Waals surface area contributed by atoms with E-state index in [4.69, 9.17) is 15.0 Å². The summed E-state index contributed by atoms with van der Waals surface area (Å²) in [6.07, 6.45) is 20.2. The van der Waals surface area contributed by atoms with E-state index in [1.165, 1.54) is 70.6 Å². The van der Waals surface area contributed by atoms with Crippen molar-refractivity contribution in [3.05, 3.63) is 12.2 Å². The number of unbranched alkanes of at least 4 members (excludes halogenated alkanes) is 10. The smallest absolute Gasteiger partial charge is 0.300 e. The molecule has 0 heterocycles. The van der Waals surface area contributed by atoms with Gasteiger partial charge in [-0.15, -0.1) is 0 Å². The molecule has 0 saturated heterocycles. The van der Waals surface area contributed by atoms with E-state index in [-0.39, 0.29) is 0 Å². The molecule has 0 aliphatic carbocycles. The van der Waals surface area contributed by atoms with Crippen LogP contribution in [0.3, 0.4) is 0 Å². The van der Waals surface area contributed by atoms with E-state index < -0.39 is 5.97 Å². The van der Waals surface area contributed by atoms with Crippen LogP contribution in [0.1, 0.15) is 90.9 Å². The number of hydrogen-bond acceptors (Lipinski definition) is 2. The summed E-state index contributed by atoms with van der Waals surface area (Å²) in [7, 11) is 0. The zero-order valence-corrected chi connectivity index (χ0v) is 14.1. The van der Waals surface area contributed by atoms with Gasteiger partial charge in [0.2, 0.25) is 0 Å². The van der Waals surface area contributed by atoms with Crippen molar-refractivity contribution in [1.82, 2.24) is 0 Å². The van der Waals surface area contributed by atoms with Crippen molar-refractivity contribution in [3.8, 4) is 0 Å². The van der Waals surface area contributed by atoms with E-state index in [1.54, 1.807) is 0 Å². The number of aliphatic carboxylic acids is 1. The molecule has 0 radical (unpaired) electrons. The SMILES string of the molecule is CC(=O)O.CCCCCCCC/C=C\CCCCCCO. The molecule has 0 aromatic rings. The van der Waals surface area contributed by atoms with E-state index in [2.05, 4.69) is 19.1 Å². The molecule has 0 rings (SSSR count). The molecule has 0 spiro atoms. The summed E-state index contributed by atoms with van der Waals surface area (Å²) in [6.45, 7) is 3.71. The van der Waals surface area contributed by atoms with Gasteiger partial charge in [0.15, 0.2) is 0 Å². The molecule has 0 aromatic carbocycles. The van der Waals surface area contributed by atoms with Crippen LogP contribution in [0.25, 0.3) is 0 Å². The molecule has 0 aliphatic heterocycles. The molecule has 0 bridgehead atoms. The van der Waals surface area contributed by atoms with Crippen molar-refractivity contribution < 1.29 is 15.0 Å². The van der Waals surface area contributed by atoms with Crippen LogP contribution < -0.4 is 0 Å². The summed E-state index contributed by atoms with van der Waals surface area (Å²) in [5.41, 5.74) is 0. The molecule has 0 aliphatic rings. The van der Waals surface area contributed by atoms with Gasteiger partial charge in [-0.25, -0.2) is 0 Å². The van der Waals surface area contributed by atoms with Crippen molar-refractivity contribution in [2.75, 3.05) is 6.61 Å². The maximum absolute atomic E-state index is 9.00. The first kappa shape index (κ1) is 22.5. The fourth-order valence-corrected chi connectivity index (χ4v) is 2.01. The van der Waals surface area contributed by atoms with E-state index in [0.717, 1.165) is 13.3 Å². The topological polar surface area (TPSA) is 57.5 Å². The molecule has 21 heavy (non-hydrogen) atoms. The molecule has 0 atom stereocenters. The Morgan fingerprint density at radius 1 is 0.810 bits per heavy atom. The summed E-state index contributed by atoms with van der Waals surface area (Å²) in [5, 5.41) is 16.0. The van der Waals surface area contributed by atoms with Crippen molar-refractivity contribution in [3.63, 3.8) is 0 Å². The molecule has 3 heteroatoms. The van der Waals surface area contributed by atoms with Crippen LogP contribution in [0.15, 0.2) is 12.2 Å². The number of aliphatic hydroxyl groups excluding tert-OH is 1. The van der Waals surface area contributed by atoms with Crippen molar-refractivity contribution in [2.45, 2.75) is 90.9 Å². The van der Waals surface area contributed by atoms with Crippen LogP contribution >= 0.6 is 0 Å². The van der Waals surface area contributed by atoms with E-state index in [1.807, 2.05) is 0 Å². The molecule has 0 unspecified atom stereocenters. The first-order chi connectivity index (χ1) is 10.1. The molecular formula is C18H36O3. The molecule has 0 aromatic heterocycles. The van der Waals surface area contributed by atoms with Crippen LogP contribution in [0, 0.1) is 0 Å². The zero-order chi connectivity index (χ0) is 16.2. The quantitative estimate of drug-likeness (QED) is 0.357. The minimum atomic E-state index is -0.833. The van der Waals surface area contributed by atoms with Gasteiger partial charge in [0.25, 0.3) is 5.97 Å². The number of hydrogen-bond donors (Lipinski definition) is 2. The van der Waals surface area contributed by atoms with E-state index in [9.17, 15) is 0 Å². The summed E-state index contributed by atoms with van der Waals surface area (Å²) in [4.78, 5) is 9.00. The van der Waals surface area contributed by atoms with Gasteiger partial charge in [-0.1, -0.05) is 64.0 Å². The number of rotatable bonds is 13. The van der Waals surface area contributed by atoms with Crippen molar-refractivity contribution in [1.29, 1.82) is 0 Å². The number of carboxylic acids is 1. The minimum Gasteiger partial charge on any atom is -0.481 e. The monoisotopic (exact) mass is 300 g/mol. The Balaban J connectivity index is 0. The second-order valence-electron chi connectivity index (χ2n) is 5.47. The Morgan fingerprint density at radius 2 is 1.19 bits per heavy atom. The maximum atomic E-state index is 9.00. The van der Waals surface area contributed by atoms with Crippen molar-refractivity contribution >= 4 is 5.97 Å². The largest absolute Gasteiger partial charge is 0.481 e. The van der Waals surface area contributed by atoms with E-state index >= 15 is 0 Å². The van der Waals surface area contributed by atoms with Gasteiger partial charge in [0.05, 0.1) is 0 Å². The fraction of sp³-hybridized carbons (Fsp3) is 0.833. The van der Waals surface area contributed by atoms with Crippen LogP contribution in [0.5, 0.6) is 0 Å². The molecule has 0 amide bonds. The average Bonchev–Trinajstić information content (AvgIpc) is 2.43. The molecular weight excluding hydrogens is 264 g/mol. The summed E-state index contributed by atoms with van der Waals surface area (Å²) in [5.74, 6) is -0.833. The predicted molar refractivity (Wildman–Crippen MR) is 90.6 cm³/mol. The Bertz CT molecular complexity index is 221. The summed E-state index contributed by atoms with van der Waals surface area (Å²) >= 11 is 0. The van der Waals surface area contributed by atoms with Gasteiger partial charge in [0.1, 0.15) is 0 Å². The van der Waals surface area contributed by atoms with Gasteiger partial charge in [0, 0.05) is 13.5 Å². The lowest BCUT2D eigenvalue weighted by molar-refractivity contribution is -0.134. The Morgan fingerprint density at radius 3 is 1.62 bits per heavy atom. The van der Waals surface area contributed by atoms with Crippen molar-refractivity contribution in [2.24, 2.45) is 0 Å². The molecule has 3 nitrogen and oxygen atoms in total. The Hall–Kier alpha value is -0.830. The lowest BCUT2D eigenvalue weighted by atomic mass is 10.1. The highest BCUT2D eigenvalue weighted by Crippen LogP contribution is 2.08. The van der Waals surface area contributed by atoms with Crippen LogP contribution in [-0.2, 0) is 4.79 Å². The van der Waals surface area contributed by atoms with Gasteiger partial charge in [-0.3, -0.25) is 4.79 Å². The second kappa shape index (κ2) is 21.5. The summed E-state index contributed by atoms with van der Waals surface area (Å²) < 4.78 is 0.